The molecule has 1 heterocycles. The van der Waals surface area contributed by atoms with Gasteiger partial charge in [0.15, 0.2) is 12.4 Å². The molecule has 0 aliphatic carbocycles. The summed E-state index contributed by atoms with van der Waals surface area (Å²) < 4.78 is 5.33. The standard InChI is InChI=1S/C25H21NO4/c27-23(20-10-12-22-19(15-20)11-13-24(28)26-22)16-30-25(29)21-9-5-4-8-18(21)14-17-6-2-1-3-7-17/h1-10,12,15H,11,13-14,16H2,(H,26,28). The maximum atomic E-state index is 12.6. The first kappa shape index (κ1) is 19.6. The highest BCUT2D eigenvalue weighted by molar-refractivity contribution is 6.01. The van der Waals surface area contributed by atoms with Gasteiger partial charge in [-0.25, -0.2) is 4.79 Å². The molecule has 150 valence electrons. The van der Waals surface area contributed by atoms with Crippen molar-refractivity contribution in [2.75, 3.05) is 11.9 Å². The van der Waals surface area contributed by atoms with Gasteiger partial charge in [0.25, 0.3) is 0 Å². The van der Waals surface area contributed by atoms with Gasteiger partial charge in [-0.05, 0) is 53.8 Å². The van der Waals surface area contributed by atoms with E-state index in [9.17, 15) is 14.4 Å². The van der Waals surface area contributed by atoms with E-state index in [4.69, 9.17) is 4.74 Å². The second kappa shape index (κ2) is 8.74. The topological polar surface area (TPSA) is 72.5 Å². The highest BCUT2D eigenvalue weighted by atomic mass is 16.5. The summed E-state index contributed by atoms with van der Waals surface area (Å²) in [6, 6.07) is 22.3. The maximum absolute atomic E-state index is 12.6. The third kappa shape index (κ3) is 4.46. The molecule has 30 heavy (non-hydrogen) atoms. The fourth-order valence-corrected chi connectivity index (χ4v) is 3.54. The summed E-state index contributed by atoms with van der Waals surface area (Å²) >= 11 is 0. The second-order valence-electron chi connectivity index (χ2n) is 7.24. The molecule has 0 unspecified atom stereocenters. The molecular weight excluding hydrogens is 378 g/mol. The van der Waals surface area contributed by atoms with Crippen molar-refractivity contribution < 1.29 is 19.1 Å². The number of ether oxygens (including phenoxy) is 1. The van der Waals surface area contributed by atoms with Gasteiger partial charge in [-0.1, -0.05) is 48.5 Å². The van der Waals surface area contributed by atoms with Crippen LogP contribution in [-0.2, 0) is 22.4 Å². The summed E-state index contributed by atoms with van der Waals surface area (Å²) in [6.45, 7) is -0.330. The molecule has 0 radical (unpaired) electrons. The maximum Gasteiger partial charge on any atom is 0.338 e. The molecule has 5 nitrogen and oxygen atoms in total. The van der Waals surface area contributed by atoms with Crippen molar-refractivity contribution in [3.63, 3.8) is 0 Å². The molecular formula is C25H21NO4. The van der Waals surface area contributed by atoms with E-state index in [2.05, 4.69) is 5.32 Å². The minimum absolute atomic E-state index is 0.0234. The lowest BCUT2D eigenvalue weighted by Crippen LogP contribution is -2.20. The van der Waals surface area contributed by atoms with Crippen LogP contribution in [0.25, 0.3) is 0 Å². The smallest absolute Gasteiger partial charge is 0.338 e. The van der Waals surface area contributed by atoms with Gasteiger partial charge in [0.05, 0.1) is 5.56 Å². The van der Waals surface area contributed by atoms with Crippen LogP contribution >= 0.6 is 0 Å². The SMILES string of the molecule is O=C1CCc2cc(C(=O)COC(=O)c3ccccc3Cc3ccccc3)ccc2N1. The molecule has 1 aliphatic heterocycles. The zero-order valence-corrected chi connectivity index (χ0v) is 16.4. The van der Waals surface area contributed by atoms with Crippen LogP contribution in [0.15, 0.2) is 72.8 Å². The molecule has 0 aromatic heterocycles. The van der Waals surface area contributed by atoms with Crippen LogP contribution in [0.3, 0.4) is 0 Å². The predicted molar refractivity (Wildman–Crippen MR) is 114 cm³/mol. The number of aryl methyl sites for hydroxylation is 1. The van der Waals surface area contributed by atoms with E-state index in [1.165, 1.54) is 0 Å². The average Bonchev–Trinajstić information content (AvgIpc) is 2.78. The van der Waals surface area contributed by atoms with Crippen molar-refractivity contribution in [1.29, 1.82) is 0 Å². The predicted octanol–water partition coefficient (Wildman–Crippen LogP) is 4.20. The Kier molecular flexibility index (Phi) is 5.70. The number of esters is 1. The second-order valence-corrected chi connectivity index (χ2v) is 7.24. The lowest BCUT2D eigenvalue weighted by atomic mass is 9.99. The Balaban J connectivity index is 1.43. The van der Waals surface area contributed by atoms with E-state index >= 15 is 0 Å². The minimum Gasteiger partial charge on any atom is -0.454 e. The average molecular weight is 399 g/mol. The zero-order chi connectivity index (χ0) is 20.9. The number of hydrogen-bond donors (Lipinski definition) is 1. The summed E-state index contributed by atoms with van der Waals surface area (Å²) in [6.07, 6.45) is 1.60. The third-order valence-electron chi connectivity index (χ3n) is 5.13. The van der Waals surface area contributed by atoms with Gasteiger partial charge in [-0.3, -0.25) is 9.59 Å². The van der Waals surface area contributed by atoms with Crippen LogP contribution in [0.2, 0.25) is 0 Å². The molecule has 0 spiro atoms. The Hall–Kier alpha value is -3.73. The van der Waals surface area contributed by atoms with Gasteiger partial charge in [0.2, 0.25) is 5.91 Å². The Morgan fingerprint density at radius 2 is 1.67 bits per heavy atom. The molecule has 1 N–H and O–H groups in total. The van der Waals surface area contributed by atoms with Crippen molar-refractivity contribution in [2.24, 2.45) is 0 Å². The van der Waals surface area contributed by atoms with Crippen molar-refractivity contribution in [3.05, 3.63) is 101 Å². The molecule has 3 aromatic rings. The molecule has 0 bridgehead atoms. The van der Waals surface area contributed by atoms with Gasteiger partial charge < -0.3 is 10.1 Å². The Bertz CT molecular complexity index is 1110. The summed E-state index contributed by atoms with van der Waals surface area (Å²) in [4.78, 5) is 36.6. The molecule has 4 rings (SSSR count). The van der Waals surface area contributed by atoms with Gasteiger partial charge in [-0.15, -0.1) is 0 Å². The number of rotatable bonds is 6. The largest absolute Gasteiger partial charge is 0.454 e. The van der Waals surface area contributed by atoms with E-state index in [0.717, 1.165) is 22.4 Å². The van der Waals surface area contributed by atoms with Gasteiger partial charge in [0, 0.05) is 17.7 Å². The van der Waals surface area contributed by atoms with E-state index in [-0.39, 0.29) is 18.3 Å². The van der Waals surface area contributed by atoms with E-state index < -0.39 is 5.97 Å². The van der Waals surface area contributed by atoms with Crippen LogP contribution in [0.1, 0.15) is 43.8 Å². The summed E-state index contributed by atoms with van der Waals surface area (Å²) in [7, 11) is 0. The van der Waals surface area contributed by atoms with E-state index in [1.54, 1.807) is 30.3 Å². The Labute approximate surface area is 174 Å². The van der Waals surface area contributed by atoms with Crippen molar-refractivity contribution in [3.8, 4) is 0 Å². The number of anilines is 1. The molecule has 0 fully saturated rings. The molecule has 1 amide bonds. The van der Waals surface area contributed by atoms with Crippen LogP contribution in [0, 0.1) is 0 Å². The zero-order valence-electron chi connectivity index (χ0n) is 16.4. The van der Waals surface area contributed by atoms with Crippen LogP contribution in [0.4, 0.5) is 5.69 Å². The first-order chi connectivity index (χ1) is 14.6. The highest BCUT2D eigenvalue weighted by Gasteiger charge is 2.18. The van der Waals surface area contributed by atoms with Crippen LogP contribution in [-0.4, -0.2) is 24.3 Å². The summed E-state index contributed by atoms with van der Waals surface area (Å²) in [5, 5.41) is 2.79. The van der Waals surface area contributed by atoms with Crippen LogP contribution in [0.5, 0.6) is 0 Å². The first-order valence-corrected chi connectivity index (χ1v) is 9.85. The van der Waals surface area contributed by atoms with Crippen molar-refractivity contribution in [1.82, 2.24) is 0 Å². The number of nitrogens with one attached hydrogen (secondary N) is 1. The quantitative estimate of drug-likeness (QED) is 0.498. The third-order valence-corrected chi connectivity index (χ3v) is 5.13. The first-order valence-electron chi connectivity index (χ1n) is 9.85. The van der Waals surface area contributed by atoms with Gasteiger partial charge in [0.1, 0.15) is 0 Å². The molecule has 3 aromatic carbocycles. The summed E-state index contributed by atoms with van der Waals surface area (Å²) in [5.74, 6) is -0.812. The van der Waals surface area contributed by atoms with Crippen LogP contribution < -0.4 is 5.32 Å². The molecule has 5 heteroatoms. The number of benzene rings is 3. The normalized spacial score (nSPS) is 12.6. The number of amides is 1. The lowest BCUT2D eigenvalue weighted by Gasteiger charge is -2.17. The summed E-state index contributed by atoms with van der Waals surface area (Å²) in [5.41, 5.74) is 4.52. The van der Waals surface area contributed by atoms with Crippen molar-refractivity contribution >= 4 is 23.3 Å². The highest BCUT2D eigenvalue weighted by Crippen LogP contribution is 2.24. The van der Waals surface area contributed by atoms with E-state index in [1.807, 2.05) is 42.5 Å². The fraction of sp³-hybridized carbons (Fsp3) is 0.160. The molecule has 0 saturated heterocycles. The Morgan fingerprint density at radius 3 is 2.50 bits per heavy atom. The van der Waals surface area contributed by atoms with E-state index in [0.29, 0.717) is 30.4 Å². The van der Waals surface area contributed by atoms with Gasteiger partial charge in [-0.2, -0.15) is 0 Å². The monoisotopic (exact) mass is 399 g/mol. The minimum atomic E-state index is -0.514. The number of ketones is 1. The number of fused-ring (bicyclic) bond motifs is 1. The van der Waals surface area contributed by atoms with Gasteiger partial charge >= 0.3 is 5.97 Å². The number of carbonyl (C=O) groups is 3. The number of carbonyl (C=O) groups excluding carboxylic acids is 3. The number of Topliss-reactive ketones (excluding diaryl/α,β-unsaturated/α-hetero) is 1. The Morgan fingerprint density at radius 1 is 0.900 bits per heavy atom. The lowest BCUT2D eigenvalue weighted by molar-refractivity contribution is -0.116. The number of hydrogen-bond acceptors (Lipinski definition) is 4. The molecule has 0 saturated carbocycles. The molecule has 0 atom stereocenters. The van der Waals surface area contributed by atoms with Crippen molar-refractivity contribution in [2.45, 2.75) is 19.3 Å². The molecule has 1 aliphatic rings. The fourth-order valence-electron chi connectivity index (χ4n) is 3.54.